The Morgan fingerprint density at radius 1 is 0.449 bits per heavy atom. The minimum absolute atomic E-state index is 0.181. The molecule has 0 saturated carbocycles. The van der Waals surface area contributed by atoms with Crippen LogP contribution < -0.4 is 0 Å². The number of likely N-dealkylation sites (N-methyl/N-ethyl adjacent to an activating group) is 1. The van der Waals surface area contributed by atoms with Crippen molar-refractivity contribution >= 4 is 17.9 Å². The highest BCUT2D eigenvalue weighted by atomic mass is 16.7. The quantitative estimate of drug-likeness (QED) is 0.0211. The molecule has 398 valence electrons. The molecule has 0 heterocycles. The normalized spacial score (nSPS) is 13.3. The number of quaternary nitrogens is 1. The summed E-state index contributed by atoms with van der Waals surface area (Å²) in [6, 6.07) is 0. The summed E-state index contributed by atoms with van der Waals surface area (Å²) in [5, 5.41) is 9.67. The zero-order valence-corrected chi connectivity index (χ0v) is 45.2. The molecule has 0 aromatic heterocycles. The summed E-state index contributed by atoms with van der Waals surface area (Å²) in [5.41, 5.74) is 0. The molecular weight excluding hydrogens is 863 g/mol. The van der Waals surface area contributed by atoms with Gasteiger partial charge in [-0.15, -0.1) is 0 Å². The van der Waals surface area contributed by atoms with Crippen molar-refractivity contribution in [1.29, 1.82) is 0 Å². The van der Waals surface area contributed by atoms with Crippen LogP contribution >= 0.6 is 0 Å². The maximum Gasteiger partial charge on any atom is 0.361 e. The van der Waals surface area contributed by atoms with Crippen molar-refractivity contribution in [2.75, 3.05) is 47.5 Å². The summed E-state index contributed by atoms with van der Waals surface area (Å²) in [6.07, 6.45) is 62.8. The standard InChI is InChI=1S/C60H105NO8/c1-6-8-10-12-14-16-18-20-21-22-23-24-25-26-27-28-29-30-31-32-33-34-35-36-37-39-41-43-45-47-49-51-58(63)69-56(55-68-60(59(64)65)66-53-52-61(3,4)5)54-67-57(62)50-48-46-44-42-40-38-19-17-15-13-11-9-7-2/h9,11,15,17-18,20,22-23,25-26,38,40,56,60H,6-8,10,12-14,16,19,21,24,27-37,39,41-55H2,1-5H3/p+1/b11-9-,17-15-,20-18-,23-22-,26-25-,40-38-. The van der Waals surface area contributed by atoms with Crippen LogP contribution in [-0.2, 0) is 33.3 Å². The lowest BCUT2D eigenvalue weighted by Gasteiger charge is -2.25. The van der Waals surface area contributed by atoms with E-state index in [1.807, 2.05) is 21.1 Å². The van der Waals surface area contributed by atoms with Gasteiger partial charge in [-0.3, -0.25) is 9.59 Å². The molecule has 9 heteroatoms. The number of aliphatic carboxylic acids is 1. The number of rotatable bonds is 51. The molecule has 0 aromatic rings. The molecule has 0 aromatic carbocycles. The van der Waals surface area contributed by atoms with Gasteiger partial charge >= 0.3 is 17.9 Å². The fourth-order valence-corrected chi connectivity index (χ4v) is 7.62. The van der Waals surface area contributed by atoms with Gasteiger partial charge in [0.05, 0.1) is 34.4 Å². The highest BCUT2D eigenvalue weighted by Gasteiger charge is 2.25. The second-order valence-electron chi connectivity index (χ2n) is 19.9. The number of carboxylic acids is 1. The number of carbonyl (C=O) groups excluding carboxylic acids is 2. The van der Waals surface area contributed by atoms with E-state index in [1.54, 1.807) is 0 Å². The van der Waals surface area contributed by atoms with Crippen molar-refractivity contribution in [2.24, 2.45) is 0 Å². The molecule has 1 N–H and O–H groups in total. The largest absolute Gasteiger partial charge is 0.477 e. The van der Waals surface area contributed by atoms with Crippen molar-refractivity contribution in [2.45, 2.75) is 245 Å². The third-order valence-electron chi connectivity index (χ3n) is 11.9. The Morgan fingerprint density at radius 3 is 1.25 bits per heavy atom. The van der Waals surface area contributed by atoms with E-state index in [0.717, 1.165) is 64.2 Å². The second-order valence-corrected chi connectivity index (χ2v) is 19.9. The van der Waals surface area contributed by atoms with E-state index >= 15 is 0 Å². The number of nitrogens with zero attached hydrogens (tertiary/aromatic N) is 1. The van der Waals surface area contributed by atoms with Crippen LogP contribution in [0.1, 0.15) is 232 Å². The molecule has 9 nitrogen and oxygen atoms in total. The van der Waals surface area contributed by atoms with E-state index in [2.05, 4.69) is 86.8 Å². The minimum Gasteiger partial charge on any atom is -0.477 e. The molecule has 0 aliphatic rings. The zero-order chi connectivity index (χ0) is 50.6. The van der Waals surface area contributed by atoms with E-state index in [0.29, 0.717) is 23.9 Å². The molecule has 0 bridgehead atoms. The van der Waals surface area contributed by atoms with E-state index in [9.17, 15) is 19.5 Å². The van der Waals surface area contributed by atoms with Gasteiger partial charge in [0.1, 0.15) is 13.2 Å². The molecule has 0 saturated heterocycles. The molecule has 0 fully saturated rings. The first-order valence-electron chi connectivity index (χ1n) is 28.1. The summed E-state index contributed by atoms with van der Waals surface area (Å²) in [7, 11) is 5.95. The van der Waals surface area contributed by atoms with Gasteiger partial charge in [0, 0.05) is 12.8 Å². The Kier molecular flexibility index (Phi) is 48.7. The van der Waals surface area contributed by atoms with Crippen LogP contribution in [-0.4, -0.2) is 87.4 Å². The molecule has 0 rings (SSSR count). The molecule has 2 unspecified atom stereocenters. The van der Waals surface area contributed by atoms with Crippen molar-refractivity contribution < 1.29 is 42.9 Å². The Bertz CT molecular complexity index is 1360. The van der Waals surface area contributed by atoms with Gasteiger partial charge in [0.15, 0.2) is 6.10 Å². The van der Waals surface area contributed by atoms with Gasteiger partial charge in [-0.25, -0.2) is 4.79 Å². The summed E-state index contributed by atoms with van der Waals surface area (Å²) in [6.45, 7) is 4.71. The third-order valence-corrected chi connectivity index (χ3v) is 11.9. The Balaban J connectivity index is 4.15. The molecular formula is C60H106NO8+. The Morgan fingerprint density at radius 2 is 0.826 bits per heavy atom. The number of hydrogen-bond donors (Lipinski definition) is 1. The highest BCUT2D eigenvalue weighted by Crippen LogP contribution is 2.16. The van der Waals surface area contributed by atoms with Crippen molar-refractivity contribution in [3.8, 4) is 0 Å². The molecule has 0 amide bonds. The zero-order valence-electron chi connectivity index (χ0n) is 45.2. The highest BCUT2D eigenvalue weighted by molar-refractivity contribution is 5.71. The van der Waals surface area contributed by atoms with Gasteiger partial charge in [-0.05, 0) is 83.5 Å². The van der Waals surface area contributed by atoms with Crippen molar-refractivity contribution in [3.63, 3.8) is 0 Å². The van der Waals surface area contributed by atoms with Gasteiger partial charge < -0.3 is 28.5 Å². The average Bonchev–Trinajstić information content (AvgIpc) is 3.31. The number of carbonyl (C=O) groups is 3. The van der Waals surface area contributed by atoms with Gasteiger partial charge in [0.2, 0.25) is 0 Å². The number of hydrogen-bond acceptors (Lipinski definition) is 7. The summed E-state index contributed by atoms with van der Waals surface area (Å²) in [5.74, 6) is -2.05. The maximum absolute atomic E-state index is 12.8. The Hall–Kier alpha value is -3.27. The van der Waals surface area contributed by atoms with E-state index in [1.165, 1.54) is 128 Å². The summed E-state index contributed by atoms with van der Waals surface area (Å²) >= 11 is 0. The van der Waals surface area contributed by atoms with Crippen LogP contribution in [0.25, 0.3) is 0 Å². The van der Waals surface area contributed by atoms with Crippen LogP contribution in [0.2, 0.25) is 0 Å². The first-order chi connectivity index (χ1) is 33.6. The lowest BCUT2D eigenvalue weighted by Crippen LogP contribution is -2.40. The second kappa shape index (κ2) is 51.1. The first kappa shape index (κ1) is 65.7. The van der Waals surface area contributed by atoms with E-state index in [4.69, 9.17) is 18.9 Å². The van der Waals surface area contributed by atoms with E-state index in [-0.39, 0.29) is 38.6 Å². The molecule has 0 spiro atoms. The van der Waals surface area contributed by atoms with Crippen LogP contribution in [0.4, 0.5) is 0 Å². The molecule has 0 radical (unpaired) electrons. The van der Waals surface area contributed by atoms with Crippen LogP contribution in [0.3, 0.4) is 0 Å². The van der Waals surface area contributed by atoms with Crippen LogP contribution in [0.15, 0.2) is 72.9 Å². The van der Waals surface area contributed by atoms with Crippen LogP contribution in [0, 0.1) is 0 Å². The fraction of sp³-hybridized carbons (Fsp3) is 0.750. The lowest BCUT2D eigenvalue weighted by molar-refractivity contribution is -0.870. The maximum atomic E-state index is 12.8. The predicted molar refractivity (Wildman–Crippen MR) is 290 cm³/mol. The average molecular weight is 970 g/mol. The monoisotopic (exact) mass is 969 g/mol. The topological polar surface area (TPSA) is 108 Å². The molecule has 69 heavy (non-hydrogen) atoms. The lowest BCUT2D eigenvalue weighted by atomic mass is 10.0. The molecule has 0 aliphatic heterocycles. The van der Waals surface area contributed by atoms with Gasteiger partial charge in [0.25, 0.3) is 6.29 Å². The molecule has 2 atom stereocenters. The minimum atomic E-state index is -1.52. The van der Waals surface area contributed by atoms with Crippen molar-refractivity contribution in [3.05, 3.63) is 72.9 Å². The van der Waals surface area contributed by atoms with Crippen molar-refractivity contribution in [1.82, 2.24) is 0 Å². The summed E-state index contributed by atoms with van der Waals surface area (Å²) in [4.78, 5) is 37.3. The smallest absolute Gasteiger partial charge is 0.361 e. The number of esters is 2. The SMILES string of the molecule is CC/C=C\C/C=C\C/C=C\CCCCCC(=O)OCC(COC(OCC[N+](C)(C)C)C(=O)O)OC(=O)CCCCCCCCCCCCCCCCCC/C=C\C/C=C\C/C=C\CCCCCCC. The number of unbranched alkanes of at least 4 members (excludes halogenated alkanes) is 24. The fourth-order valence-electron chi connectivity index (χ4n) is 7.62. The Labute approximate surface area is 424 Å². The van der Waals surface area contributed by atoms with E-state index < -0.39 is 24.3 Å². The van der Waals surface area contributed by atoms with Gasteiger partial charge in [-0.1, -0.05) is 209 Å². The predicted octanol–water partition coefficient (Wildman–Crippen LogP) is 16.2. The number of ether oxygens (including phenoxy) is 4. The third kappa shape index (κ3) is 52.4. The van der Waals surface area contributed by atoms with Gasteiger partial charge in [-0.2, -0.15) is 0 Å². The summed E-state index contributed by atoms with van der Waals surface area (Å²) < 4.78 is 22.8. The number of allylic oxidation sites excluding steroid dienone is 12. The first-order valence-corrected chi connectivity index (χ1v) is 28.1. The van der Waals surface area contributed by atoms with Crippen LogP contribution in [0.5, 0.6) is 0 Å². The molecule has 0 aliphatic carbocycles. The number of carboxylic acid groups (broad SMARTS) is 1.